The molecule has 1 aliphatic rings. The highest BCUT2D eigenvalue weighted by Gasteiger charge is 2.35. The van der Waals surface area contributed by atoms with Gasteiger partial charge in [-0.1, -0.05) is 37.6 Å². The van der Waals surface area contributed by atoms with Crippen molar-refractivity contribution in [2.75, 3.05) is 5.73 Å². The summed E-state index contributed by atoms with van der Waals surface area (Å²) >= 11 is 8.27. The highest BCUT2D eigenvalue weighted by atomic mass is 35.5. The van der Waals surface area contributed by atoms with Crippen molar-refractivity contribution in [3.8, 4) is 11.3 Å². The van der Waals surface area contributed by atoms with Crippen LogP contribution in [0, 0.1) is 0 Å². The monoisotopic (exact) mass is 332 g/mol. The van der Waals surface area contributed by atoms with Crippen LogP contribution >= 0.6 is 22.9 Å². The van der Waals surface area contributed by atoms with Gasteiger partial charge in [-0.2, -0.15) is 0 Å². The van der Waals surface area contributed by atoms with Crippen molar-refractivity contribution in [3.63, 3.8) is 0 Å². The second-order valence-corrected chi connectivity index (χ2v) is 6.99. The summed E-state index contributed by atoms with van der Waals surface area (Å²) in [6.45, 7) is 4.23. The van der Waals surface area contributed by atoms with Crippen molar-refractivity contribution in [1.29, 1.82) is 0 Å². The van der Waals surface area contributed by atoms with Crippen LogP contribution in [-0.4, -0.2) is 11.2 Å². The predicted octanol–water partition coefficient (Wildman–Crippen LogP) is 4.05. The molecule has 0 amide bonds. The highest BCUT2D eigenvalue weighted by molar-refractivity contribution is 7.12. The molecule has 2 aromatic rings. The van der Waals surface area contributed by atoms with E-state index in [1.54, 1.807) is 23.8 Å². The van der Waals surface area contributed by atoms with Gasteiger partial charge in [0.15, 0.2) is 0 Å². The Hall–Kier alpha value is -1.85. The summed E-state index contributed by atoms with van der Waals surface area (Å²) in [6.07, 6.45) is 5.30. The number of thiazole rings is 1. The number of hydrogen-bond donors (Lipinski definition) is 2. The molecule has 1 aliphatic heterocycles. The van der Waals surface area contributed by atoms with Crippen molar-refractivity contribution in [2.45, 2.75) is 24.9 Å². The van der Waals surface area contributed by atoms with Crippen LogP contribution in [0.2, 0.25) is 0 Å². The molecule has 114 valence electrons. The fourth-order valence-corrected chi connectivity index (χ4v) is 3.61. The van der Waals surface area contributed by atoms with Crippen LogP contribution < -0.4 is 11.1 Å². The van der Waals surface area contributed by atoms with E-state index in [1.165, 1.54) is 0 Å². The molecule has 4 nitrogen and oxygen atoms in total. The van der Waals surface area contributed by atoms with Gasteiger partial charge >= 0.3 is 0 Å². The minimum absolute atomic E-state index is 0.321. The molecule has 1 atom stereocenters. The molecule has 0 aliphatic carbocycles. The summed E-state index contributed by atoms with van der Waals surface area (Å²) in [4.78, 5) is 10.1. The number of alkyl halides is 1. The molecule has 0 spiro atoms. The van der Waals surface area contributed by atoms with Crippen molar-refractivity contribution in [2.24, 2.45) is 4.99 Å². The fraction of sp³-hybridized carbons (Fsp3) is 0.250. The van der Waals surface area contributed by atoms with Gasteiger partial charge in [0.1, 0.15) is 0 Å². The van der Waals surface area contributed by atoms with Gasteiger partial charge in [0, 0.05) is 29.6 Å². The first-order valence-corrected chi connectivity index (χ1v) is 8.23. The number of aliphatic imine (C=N–C) groups is 1. The maximum Gasteiger partial charge on any atom is 0.243 e. The molecular weight excluding hydrogens is 316 g/mol. The Morgan fingerprint density at radius 2 is 2.18 bits per heavy atom. The number of nitrogens with zero attached hydrogens (tertiary/aromatic N) is 2. The maximum atomic E-state index is 6.69. The summed E-state index contributed by atoms with van der Waals surface area (Å²) in [6, 6.07) is 7.67. The normalized spacial score (nSPS) is 20.4. The Morgan fingerprint density at radius 3 is 2.82 bits per heavy atom. The SMILES string of the molecule is CC(C)c1nc(-c2cccc(N)c2)c(C2(Cl)N=CC=CN2)s1. The van der Waals surface area contributed by atoms with E-state index in [-0.39, 0.29) is 0 Å². The lowest BCUT2D eigenvalue weighted by atomic mass is 10.1. The summed E-state index contributed by atoms with van der Waals surface area (Å²) in [7, 11) is 0. The number of nitrogen functional groups attached to an aromatic ring is 1. The van der Waals surface area contributed by atoms with Gasteiger partial charge in [0.2, 0.25) is 5.12 Å². The third kappa shape index (κ3) is 2.74. The van der Waals surface area contributed by atoms with Gasteiger partial charge in [-0.05, 0) is 18.2 Å². The zero-order valence-corrected chi connectivity index (χ0v) is 13.9. The third-order valence-electron chi connectivity index (χ3n) is 3.31. The first-order valence-electron chi connectivity index (χ1n) is 7.04. The Bertz CT molecular complexity index is 750. The van der Waals surface area contributed by atoms with Gasteiger partial charge in [-0.25, -0.2) is 9.98 Å². The first kappa shape index (κ1) is 15.1. The van der Waals surface area contributed by atoms with Crippen molar-refractivity contribution < 1.29 is 0 Å². The average molecular weight is 333 g/mol. The second kappa shape index (κ2) is 5.74. The van der Waals surface area contributed by atoms with Crippen molar-refractivity contribution >= 4 is 34.8 Å². The largest absolute Gasteiger partial charge is 0.399 e. The van der Waals surface area contributed by atoms with E-state index in [0.29, 0.717) is 11.6 Å². The summed E-state index contributed by atoms with van der Waals surface area (Å²) in [5, 5.41) is 3.13. The Morgan fingerprint density at radius 1 is 1.36 bits per heavy atom. The van der Waals surface area contributed by atoms with Crippen LogP contribution in [-0.2, 0) is 5.12 Å². The smallest absolute Gasteiger partial charge is 0.243 e. The molecule has 0 radical (unpaired) electrons. The van der Waals surface area contributed by atoms with Crippen LogP contribution in [0.4, 0.5) is 5.69 Å². The lowest BCUT2D eigenvalue weighted by Gasteiger charge is -2.24. The topological polar surface area (TPSA) is 63.3 Å². The minimum Gasteiger partial charge on any atom is -0.399 e. The predicted molar refractivity (Wildman–Crippen MR) is 94.4 cm³/mol. The number of rotatable bonds is 3. The Labute approximate surface area is 138 Å². The van der Waals surface area contributed by atoms with E-state index in [1.807, 2.05) is 30.3 Å². The van der Waals surface area contributed by atoms with Crippen LogP contribution in [0.5, 0.6) is 0 Å². The first-order chi connectivity index (χ1) is 10.5. The fourth-order valence-electron chi connectivity index (χ4n) is 2.20. The Kier molecular flexibility index (Phi) is 3.93. The minimum atomic E-state index is -1.01. The average Bonchev–Trinajstić information content (AvgIpc) is 2.94. The number of halogens is 1. The van der Waals surface area contributed by atoms with Gasteiger partial charge in [0.05, 0.1) is 15.6 Å². The number of anilines is 1. The number of allylic oxidation sites excluding steroid dienone is 1. The zero-order chi connectivity index (χ0) is 15.7. The number of nitrogens with one attached hydrogen (secondary N) is 1. The number of hydrogen-bond acceptors (Lipinski definition) is 5. The van der Waals surface area contributed by atoms with E-state index < -0.39 is 5.12 Å². The van der Waals surface area contributed by atoms with E-state index in [9.17, 15) is 0 Å². The van der Waals surface area contributed by atoms with Gasteiger partial charge in [0.25, 0.3) is 0 Å². The van der Waals surface area contributed by atoms with Crippen LogP contribution in [0.25, 0.3) is 11.3 Å². The lowest BCUT2D eigenvalue weighted by Crippen LogP contribution is -2.32. The molecule has 22 heavy (non-hydrogen) atoms. The molecule has 3 N–H and O–H groups in total. The third-order valence-corrected chi connectivity index (χ3v) is 5.28. The summed E-state index contributed by atoms with van der Waals surface area (Å²) in [5.41, 5.74) is 8.39. The Balaban J connectivity index is 2.16. The maximum absolute atomic E-state index is 6.69. The standard InChI is InChI=1S/C16H17ClN4S/c1-10(2)15-21-13(11-5-3-6-12(18)9-11)14(22-15)16(17)19-7-4-8-20-16/h3-10,19H,18H2,1-2H3. The van der Waals surface area contributed by atoms with Crippen LogP contribution in [0.15, 0.2) is 41.5 Å². The quantitative estimate of drug-likeness (QED) is 0.506. The molecule has 0 fully saturated rings. The molecule has 3 rings (SSSR count). The van der Waals surface area contributed by atoms with Gasteiger partial charge < -0.3 is 11.1 Å². The summed E-state index contributed by atoms with van der Waals surface area (Å²) in [5.74, 6) is 0.321. The molecule has 0 bridgehead atoms. The second-order valence-electron chi connectivity index (χ2n) is 5.41. The zero-order valence-electron chi connectivity index (χ0n) is 12.4. The molecular formula is C16H17ClN4S. The van der Waals surface area contributed by atoms with Crippen molar-refractivity contribution in [3.05, 3.63) is 46.4 Å². The lowest BCUT2D eigenvalue weighted by molar-refractivity contribution is 0.585. The van der Waals surface area contributed by atoms with Gasteiger partial charge in [-0.3, -0.25) is 0 Å². The number of nitrogens with two attached hydrogens (primary N) is 1. The molecule has 1 aromatic carbocycles. The highest BCUT2D eigenvalue weighted by Crippen LogP contribution is 2.42. The molecule has 0 saturated heterocycles. The number of aromatic nitrogens is 1. The molecule has 1 aromatic heterocycles. The van der Waals surface area contributed by atoms with E-state index in [4.69, 9.17) is 22.3 Å². The molecule has 2 heterocycles. The molecule has 1 unspecified atom stereocenters. The van der Waals surface area contributed by atoms with Gasteiger partial charge in [-0.15, -0.1) is 11.3 Å². The molecule has 6 heteroatoms. The van der Waals surface area contributed by atoms with Crippen molar-refractivity contribution in [1.82, 2.24) is 10.3 Å². The van der Waals surface area contributed by atoms with E-state index in [2.05, 4.69) is 24.2 Å². The summed E-state index contributed by atoms with van der Waals surface area (Å²) < 4.78 is 0. The molecule has 0 saturated carbocycles. The van der Waals surface area contributed by atoms with Crippen LogP contribution in [0.1, 0.15) is 29.7 Å². The van der Waals surface area contributed by atoms with Crippen LogP contribution in [0.3, 0.4) is 0 Å². The van der Waals surface area contributed by atoms with E-state index in [0.717, 1.165) is 21.1 Å². The number of benzene rings is 1. The van der Waals surface area contributed by atoms with E-state index >= 15 is 0 Å².